The van der Waals surface area contributed by atoms with Gasteiger partial charge in [0.25, 0.3) is 0 Å². The molecule has 2 heteroatoms. The van der Waals surface area contributed by atoms with E-state index in [1.807, 2.05) is 11.8 Å². The molecule has 13 heavy (non-hydrogen) atoms. The van der Waals surface area contributed by atoms with Crippen molar-refractivity contribution in [1.82, 2.24) is 0 Å². The largest absolute Gasteiger partial charge is 0.398 e. The Morgan fingerprint density at radius 3 is 2.69 bits per heavy atom. The van der Waals surface area contributed by atoms with E-state index >= 15 is 0 Å². The number of anilines is 1. The maximum absolute atomic E-state index is 5.95. The minimum atomic E-state index is 0.713. The Labute approximate surface area is 84.7 Å². The number of aryl methyl sites for hydroxylation is 1. The maximum atomic E-state index is 5.95. The zero-order chi connectivity index (χ0) is 9.84. The summed E-state index contributed by atoms with van der Waals surface area (Å²) in [7, 11) is 0. The van der Waals surface area contributed by atoms with Crippen LogP contribution in [0.3, 0.4) is 0 Å². The molecule has 0 bridgehead atoms. The van der Waals surface area contributed by atoms with Gasteiger partial charge in [-0.3, -0.25) is 0 Å². The Bertz CT molecular complexity index is 281. The lowest BCUT2D eigenvalue weighted by molar-refractivity contribution is 0.750. The molecule has 0 fully saturated rings. The molecule has 0 saturated heterocycles. The van der Waals surface area contributed by atoms with Crippen molar-refractivity contribution in [2.45, 2.75) is 25.7 Å². The van der Waals surface area contributed by atoms with Gasteiger partial charge in [-0.05, 0) is 24.5 Å². The van der Waals surface area contributed by atoms with Crippen molar-refractivity contribution >= 4 is 17.4 Å². The summed E-state index contributed by atoms with van der Waals surface area (Å²) in [5.74, 6) is 1.85. The first-order chi connectivity index (χ1) is 6.11. The number of para-hydroxylation sites is 1. The molecule has 0 saturated carbocycles. The highest BCUT2D eigenvalue weighted by atomic mass is 32.2. The van der Waals surface area contributed by atoms with Gasteiger partial charge in [-0.2, -0.15) is 0 Å². The number of hydrogen-bond acceptors (Lipinski definition) is 2. The first-order valence-electron chi connectivity index (χ1n) is 4.59. The molecule has 0 spiro atoms. The van der Waals surface area contributed by atoms with Gasteiger partial charge in [0, 0.05) is 16.3 Å². The van der Waals surface area contributed by atoms with Crippen LogP contribution in [-0.4, -0.2) is 5.75 Å². The molecular formula is C11H17NS. The van der Waals surface area contributed by atoms with Crippen LogP contribution in [0.4, 0.5) is 5.69 Å². The molecule has 1 nitrogen and oxygen atoms in total. The molecule has 1 aromatic carbocycles. The van der Waals surface area contributed by atoms with Crippen LogP contribution in [0.2, 0.25) is 0 Å². The summed E-state index contributed by atoms with van der Waals surface area (Å²) < 4.78 is 0. The number of hydrogen-bond donors (Lipinski definition) is 1. The average Bonchev–Trinajstić information content (AvgIpc) is 2.07. The summed E-state index contributed by atoms with van der Waals surface area (Å²) in [5.41, 5.74) is 8.06. The van der Waals surface area contributed by atoms with Crippen LogP contribution in [-0.2, 0) is 0 Å². The minimum Gasteiger partial charge on any atom is -0.398 e. The molecule has 0 aromatic heterocycles. The predicted octanol–water partition coefficient (Wildman–Crippen LogP) is 3.33. The van der Waals surface area contributed by atoms with Gasteiger partial charge in [0.1, 0.15) is 0 Å². The summed E-state index contributed by atoms with van der Waals surface area (Å²) >= 11 is 1.84. The van der Waals surface area contributed by atoms with Crippen molar-refractivity contribution in [2.24, 2.45) is 5.92 Å². The van der Waals surface area contributed by atoms with Crippen molar-refractivity contribution in [1.29, 1.82) is 0 Å². The van der Waals surface area contributed by atoms with E-state index in [9.17, 15) is 0 Å². The minimum absolute atomic E-state index is 0.713. The van der Waals surface area contributed by atoms with Crippen LogP contribution in [0.15, 0.2) is 23.1 Å². The molecule has 2 N–H and O–H groups in total. The summed E-state index contributed by atoms with van der Waals surface area (Å²) in [4.78, 5) is 1.22. The van der Waals surface area contributed by atoms with Crippen molar-refractivity contribution in [3.63, 3.8) is 0 Å². The van der Waals surface area contributed by atoms with Gasteiger partial charge in [0.15, 0.2) is 0 Å². The second-order valence-corrected chi connectivity index (χ2v) is 4.75. The number of rotatable bonds is 3. The molecule has 0 aliphatic carbocycles. The van der Waals surface area contributed by atoms with Gasteiger partial charge in [-0.15, -0.1) is 11.8 Å². The molecule has 1 rings (SSSR count). The smallest absolute Gasteiger partial charge is 0.0481 e. The fourth-order valence-corrected chi connectivity index (χ4v) is 2.04. The number of nitrogen functional groups attached to an aromatic ring is 1. The van der Waals surface area contributed by atoms with Crippen LogP contribution >= 0.6 is 11.8 Å². The highest BCUT2D eigenvalue weighted by molar-refractivity contribution is 7.99. The topological polar surface area (TPSA) is 26.0 Å². The lowest BCUT2D eigenvalue weighted by Crippen LogP contribution is -1.95. The molecule has 1 aromatic rings. The normalized spacial score (nSPS) is 10.8. The zero-order valence-electron chi connectivity index (χ0n) is 8.50. The molecule has 0 atom stereocenters. The third-order valence-electron chi connectivity index (χ3n) is 1.86. The third-order valence-corrected chi connectivity index (χ3v) is 3.36. The number of nitrogens with two attached hydrogens (primary N) is 1. The highest BCUT2D eigenvalue weighted by Crippen LogP contribution is 2.28. The lowest BCUT2D eigenvalue weighted by Gasteiger charge is -2.08. The molecular weight excluding hydrogens is 178 g/mol. The fraction of sp³-hybridized carbons (Fsp3) is 0.455. The van der Waals surface area contributed by atoms with Gasteiger partial charge in [-0.25, -0.2) is 0 Å². The first kappa shape index (κ1) is 10.5. The third kappa shape index (κ3) is 2.96. The van der Waals surface area contributed by atoms with E-state index in [1.54, 1.807) is 0 Å². The Hall–Kier alpha value is -0.630. The quantitative estimate of drug-likeness (QED) is 0.591. The van der Waals surface area contributed by atoms with Crippen LogP contribution in [0, 0.1) is 12.8 Å². The van der Waals surface area contributed by atoms with Gasteiger partial charge in [0.05, 0.1) is 0 Å². The second-order valence-electron chi connectivity index (χ2n) is 3.69. The van der Waals surface area contributed by atoms with Crippen LogP contribution < -0.4 is 5.73 Å². The van der Waals surface area contributed by atoms with Crippen molar-refractivity contribution in [3.8, 4) is 0 Å². The van der Waals surface area contributed by atoms with Crippen molar-refractivity contribution in [3.05, 3.63) is 23.8 Å². The van der Waals surface area contributed by atoms with E-state index in [4.69, 9.17) is 5.73 Å². The first-order valence-corrected chi connectivity index (χ1v) is 5.57. The van der Waals surface area contributed by atoms with E-state index in [2.05, 4.69) is 39.0 Å². The van der Waals surface area contributed by atoms with Gasteiger partial charge >= 0.3 is 0 Å². The van der Waals surface area contributed by atoms with Crippen LogP contribution in [0.25, 0.3) is 0 Å². The summed E-state index contributed by atoms with van der Waals surface area (Å²) in [6, 6.07) is 6.21. The van der Waals surface area contributed by atoms with E-state index in [0.717, 1.165) is 11.4 Å². The molecule has 72 valence electrons. The average molecular weight is 195 g/mol. The molecule has 0 amide bonds. The molecule has 0 aliphatic heterocycles. The highest BCUT2D eigenvalue weighted by Gasteiger charge is 2.02. The van der Waals surface area contributed by atoms with Crippen molar-refractivity contribution < 1.29 is 0 Å². The summed E-state index contributed by atoms with van der Waals surface area (Å²) in [6.45, 7) is 6.49. The van der Waals surface area contributed by atoms with E-state index in [1.165, 1.54) is 10.5 Å². The van der Waals surface area contributed by atoms with Crippen LogP contribution in [0.1, 0.15) is 19.4 Å². The van der Waals surface area contributed by atoms with E-state index < -0.39 is 0 Å². The molecule has 0 unspecified atom stereocenters. The number of thioether (sulfide) groups is 1. The number of benzene rings is 1. The predicted molar refractivity (Wildman–Crippen MR) is 61.2 cm³/mol. The summed E-state index contributed by atoms with van der Waals surface area (Å²) in [5, 5.41) is 0. The zero-order valence-corrected chi connectivity index (χ0v) is 9.32. The van der Waals surface area contributed by atoms with E-state index in [0.29, 0.717) is 5.92 Å². The second kappa shape index (κ2) is 4.56. The SMILES string of the molecule is Cc1cccc(SCC(C)C)c1N. The van der Waals surface area contributed by atoms with Crippen molar-refractivity contribution in [2.75, 3.05) is 11.5 Å². The Kier molecular flexibility index (Phi) is 3.67. The monoisotopic (exact) mass is 195 g/mol. The van der Waals surface area contributed by atoms with Gasteiger partial charge in [-0.1, -0.05) is 26.0 Å². The molecule has 0 heterocycles. The lowest BCUT2D eigenvalue weighted by atomic mass is 10.2. The fourth-order valence-electron chi connectivity index (χ4n) is 1.04. The standard InChI is InChI=1S/C11H17NS/c1-8(2)7-13-10-6-4-5-9(3)11(10)12/h4-6,8H,7,12H2,1-3H3. The Balaban J connectivity index is 2.71. The van der Waals surface area contributed by atoms with Gasteiger partial charge < -0.3 is 5.73 Å². The van der Waals surface area contributed by atoms with E-state index in [-0.39, 0.29) is 0 Å². The summed E-state index contributed by atoms with van der Waals surface area (Å²) in [6.07, 6.45) is 0. The Morgan fingerprint density at radius 1 is 1.38 bits per heavy atom. The van der Waals surface area contributed by atoms with Gasteiger partial charge in [0.2, 0.25) is 0 Å². The van der Waals surface area contributed by atoms with Crippen LogP contribution in [0.5, 0.6) is 0 Å². The molecule has 0 aliphatic rings. The Morgan fingerprint density at radius 2 is 2.08 bits per heavy atom. The maximum Gasteiger partial charge on any atom is 0.0481 e. The molecule has 0 radical (unpaired) electrons.